The number of benzene rings is 1. The summed E-state index contributed by atoms with van der Waals surface area (Å²) in [6.07, 6.45) is 0. The number of amides is 2. The smallest absolute Gasteiger partial charge is 0.322 e. The predicted molar refractivity (Wildman–Crippen MR) is 94.4 cm³/mol. The van der Waals surface area contributed by atoms with E-state index in [-0.39, 0.29) is 6.03 Å². The fraction of sp³-hybridized carbons (Fsp3) is 0.389. The molecule has 0 fully saturated rings. The minimum Gasteiger partial charge on any atom is -0.497 e. The topological polar surface area (TPSA) is 58.0 Å². The first-order chi connectivity index (χ1) is 11.5. The lowest BCUT2D eigenvalue weighted by molar-refractivity contribution is 0.196. The highest BCUT2D eigenvalue weighted by Crippen LogP contribution is 2.18. The maximum Gasteiger partial charge on any atom is 0.322 e. The second kappa shape index (κ2) is 8.40. The number of anilines is 1. The van der Waals surface area contributed by atoms with Crippen molar-refractivity contribution in [3.05, 3.63) is 47.9 Å². The highest BCUT2D eigenvalue weighted by Gasteiger charge is 2.16. The molecule has 24 heavy (non-hydrogen) atoms. The maximum atomic E-state index is 12.6. The number of furan rings is 1. The van der Waals surface area contributed by atoms with Crippen molar-refractivity contribution >= 4 is 11.7 Å². The van der Waals surface area contributed by atoms with Crippen molar-refractivity contribution in [2.45, 2.75) is 13.5 Å². The third kappa shape index (κ3) is 5.31. The number of hydrogen-bond acceptors (Lipinski definition) is 4. The second-order valence-electron chi connectivity index (χ2n) is 5.90. The Morgan fingerprint density at radius 2 is 2.00 bits per heavy atom. The molecule has 0 bridgehead atoms. The summed E-state index contributed by atoms with van der Waals surface area (Å²) in [5, 5.41) is 2.91. The number of aryl methyl sites for hydroxylation is 1. The van der Waals surface area contributed by atoms with E-state index >= 15 is 0 Å². The number of carbonyl (C=O) groups is 1. The summed E-state index contributed by atoms with van der Waals surface area (Å²) in [5.74, 6) is 2.31. The van der Waals surface area contributed by atoms with Gasteiger partial charge in [0.15, 0.2) is 0 Å². The van der Waals surface area contributed by atoms with Gasteiger partial charge in [-0.15, -0.1) is 0 Å². The largest absolute Gasteiger partial charge is 0.497 e. The summed E-state index contributed by atoms with van der Waals surface area (Å²) in [4.78, 5) is 16.4. The maximum absolute atomic E-state index is 12.6. The molecular formula is C18H25N3O3. The highest BCUT2D eigenvalue weighted by molar-refractivity contribution is 5.89. The lowest BCUT2D eigenvalue weighted by Gasteiger charge is -2.24. The minimum absolute atomic E-state index is 0.167. The number of nitrogens with one attached hydrogen (secondary N) is 1. The van der Waals surface area contributed by atoms with Gasteiger partial charge in [0.05, 0.1) is 13.7 Å². The molecule has 0 unspecified atom stereocenters. The summed E-state index contributed by atoms with van der Waals surface area (Å²) in [6.45, 7) is 3.69. The zero-order chi connectivity index (χ0) is 17.5. The van der Waals surface area contributed by atoms with E-state index in [2.05, 4.69) is 5.32 Å². The molecule has 0 saturated carbocycles. The molecular weight excluding hydrogens is 306 g/mol. The van der Waals surface area contributed by atoms with Crippen LogP contribution in [0.5, 0.6) is 5.75 Å². The SMILES string of the molecule is COc1cccc(NC(=O)N(CCN(C)C)Cc2ccc(C)o2)c1. The summed E-state index contributed by atoms with van der Waals surface area (Å²) in [6, 6.07) is 10.9. The molecule has 0 atom stereocenters. The normalized spacial score (nSPS) is 10.7. The molecule has 2 aromatic rings. The Balaban J connectivity index is 2.07. The van der Waals surface area contributed by atoms with Crippen molar-refractivity contribution < 1.29 is 13.9 Å². The third-order valence-corrected chi connectivity index (χ3v) is 3.57. The number of likely N-dealkylation sites (N-methyl/N-ethyl adjacent to an activating group) is 1. The van der Waals surface area contributed by atoms with Crippen LogP contribution in [0.15, 0.2) is 40.8 Å². The Morgan fingerprint density at radius 3 is 2.62 bits per heavy atom. The summed E-state index contributed by atoms with van der Waals surface area (Å²) in [5.41, 5.74) is 0.699. The molecule has 0 aliphatic carbocycles. The molecule has 0 saturated heterocycles. The molecule has 2 rings (SSSR count). The molecule has 0 aliphatic rings. The van der Waals surface area contributed by atoms with Crippen LogP contribution < -0.4 is 10.1 Å². The van der Waals surface area contributed by atoms with Gasteiger partial charge in [0.2, 0.25) is 0 Å². The molecule has 6 heteroatoms. The first-order valence-corrected chi connectivity index (χ1v) is 7.88. The predicted octanol–water partition coefficient (Wildman–Crippen LogP) is 3.19. The van der Waals surface area contributed by atoms with E-state index in [0.717, 1.165) is 18.1 Å². The number of hydrogen-bond donors (Lipinski definition) is 1. The molecule has 1 aromatic heterocycles. The highest BCUT2D eigenvalue weighted by atomic mass is 16.5. The summed E-state index contributed by atoms with van der Waals surface area (Å²) in [7, 11) is 5.56. The minimum atomic E-state index is -0.167. The first-order valence-electron chi connectivity index (χ1n) is 7.88. The number of rotatable bonds is 7. The van der Waals surface area contributed by atoms with Gasteiger partial charge in [-0.25, -0.2) is 4.79 Å². The molecule has 6 nitrogen and oxygen atoms in total. The molecule has 1 N–H and O–H groups in total. The number of methoxy groups -OCH3 is 1. The van der Waals surface area contributed by atoms with Gasteiger partial charge in [0.25, 0.3) is 0 Å². The van der Waals surface area contributed by atoms with Crippen LogP contribution in [-0.2, 0) is 6.54 Å². The lowest BCUT2D eigenvalue weighted by Crippen LogP contribution is -2.38. The van der Waals surface area contributed by atoms with Crippen LogP contribution >= 0.6 is 0 Å². The van der Waals surface area contributed by atoms with E-state index in [1.807, 2.05) is 56.3 Å². The standard InChI is InChI=1S/C18H25N3O3/c1-14-8-9-17(24-14)13-21(11-10-20(2)3)18(22)19-15-6-5-7-16(12-15)23-4/h5-9,12H,10-11,13H2,1-4H3,(H,19,22). The van der Waals surface area contributed by atoms with Gasteiger partial charge in [-0.3, -0.25) is 0 Å². The van der Waals surface area contributed by atoms with Gasteiger partial charge in [-0.05, 0) is 45.3 Å². The second-order valence-corrected chi connectivity index (χ2v) is 5.90. The summed E-state index contributed by atoms with van der Waals surface area (Å²) < 4.78 is 10.8. The molecule has 2 amide bonds. The zero-order valence-corrected chi connectivity index (χ0v) is 14.7. The average Bonchev–Trinajstić information content (AvgIpc) is 2.96. The molecule has 1 heterocycles. The van der Waals surface area contributed by atoms with Crippen LogP contribution in [0.1, 0.15) is 11.5 Å². The van der Waals surface area contributed by atoms with Gasteiger partial charge in [-0.1, -0.05) is 6.07 Å². The van der Waals surface area contributed by atoms with Crippen molar-refractivity contribution in [1.82, 2.24) is 9.80 Å². The van der Waals surface area contributed by atoms with Gasteiger partial charge in [0.1, 0.15) is 17.3 Å². The molecule has 0 spiro atoms. The van der Waals surface area contributed by atoms with Crippen LogP contribution in [0.3, 0.4) is 0 Å². The molecule has 1 aromatic carbocycles. The fourth-order valence-corrected chi connectivity index (χ4v) is 2.23. The van der Waals surface area contributed by atoms with Crippen LogP contribution in [-0.4, -0.2) is 50.1 Å². The fourth-order valence-electron chi connectivity index (χ4n) is 2.23. The zero-order valence-electron chi connectivity index (χ0n) is 14.7. The number of carbonyl (C=O) groups excluding carboxylic acids is 1. The molecule has 0 radical (unpaired) electrons. The van der Waals surface area contributed by atoms with Gasteiger partial charge in [0, 0.05) is 24.8 Å². The van der Waals surface area contributed by atoms with Crippen LogP contribution in [0, 0.1) is 6.92 Å². The monoisotopic (exact) mass is 331 g/mol. The number of ether oxygens (including phenoxy) is 1. The Kier molecular flexibility index (Phi) is 6.26. The van der Waals surface area contributed by atoms with E-state index in [1.54, 1.807) is 18.1 Å². The van der Waals surface area contributed by atoms with Crippen molar-refractivity contribution in [3.63, 3.8) is 0 Å². The van der Waals surface area contributed by atoms with E-state index in [9.17, 15) is 4.79 Å². The van der Waals surface area contributed by atoms with Crippen molar-refractivity contribution in [2.75, 3.05) is 39.6 Å². The number of urea groups is 1. The van der Waals surface area contributed by atoms with Crippen molar-refractivity contribution in [3.8, 4) is 5.75 Å². The van der Waals surface area contributed by atoms with E-state index in [1.165, 1.54) is 0 Å². The number of nitrogens with zero attached hydrogens (tertiary/aromatic N) is 2. The molecule has 130 valence electrons. The van der Waals surface area contributed by atoms with Crippen molar-refractivity contribution in [2.24, 2.45) is 0 Å². The van der Waals surface area contributed by atoms with E-state index in [4.69, 9.17) is 9.15 Å². The van der Waals surface area contributed by atoms with Gasteiger partial charge < -0.3 is 24.3 Å². The Morgan fingerprint density at radius 1 is 1.21 bits per heavy atom. The van der Waals surface area contributed by atoms with E-state index < -0.39 is 0 Å². The average molecular weight is 331 g/mol. The van der Waals surface area contributed by atoms with Crippen molar-refractivity contribution in [1.29, 1.82) is 0 Å². The Bertz CT molecular complexity index is 667. The van der Waals surface area contributed by atoms with Crippen LogP contribution in [0.2, 0.25) is 0 Å². The lowest BCUT2D eigenvalue weighted by atomic mass is 10.3. The van der Waals surface area contributed by atoms with Gasteiger partial charge in [-0.2, -0.15) is 0 Å². The van der Waals surface area contributed by atoms with Crippen LogP contribution in [0.4, 0.5) is 10.5 Å². The molecule has 0 aliphatic heterocycles. The quantitative estimate of drug-likeness (QED) is 0.846. The Labute approximate surface area is 143 Å². The van der Waals surface area contributed by atoms with Gasteiger partial charge >= 0.3 is 6.03 Å². The van der Waals surface area contributed by atoms with Crippen LogP contribution in [0.25, 0.3) is 0 Å². The first kappa shape index (κ1) is 17.9. The third-order valence-electron chi connectivity index (χ3n) is 3.57. The Hall–Kier alpha value is -2.47. The summed E-state index contributed by atoms with van der Waals surface area (Å²) >= 11 is 0. The van der Waals surface area contributed by atoms with E-state index in [0.29, 0.717) is 24.5 Å².